The monoisotopic (exact) mass is 247 g/mol. The average molecular weight is 247 g/mol. The van der Waals surface area contributed by atoms with Crippen LogP contribution in [-0.4, -0.2) is 24.9 Å². The first-order valence-corrected chi connectivity index (χ1v) is 6.87. The molecule has 3 N–H and O–H groups in total. The Morgan fingerprint density at radius 3 is 2.83 bits per heavy atom. The number of nitrogens with two attached hydrogens (primary N) is 1. The van der Waals surface area contributed by atoms with Crippen LogP contribution in [0.1, 0.15) is 30.4 Å². The standard InChI is InChI=1S/C15H21NO2/c16-10-12-5-4-11-2-1-3-13(17)14(11)15(12)6-8-18-9-7-15/h1-3,12,17H,4-10,16H2. The van der Waals surface area contributed by atoms with Crippen LogP contribution in [0.4, 0.5) is 0 Å². The predicted octanol–water partition coefficient (Wildman–Crippen LogP) is 1.96. The molecular weight excluding hydrogens is 226 g/mol. The molecule has 1 aliphatic heterocycles. The Labute approximate surface area is 108 Å². The molecule has 1 atom stereocenters. The van der Waals surface area contributed by atoms with Crippen LogP contribution in [0.3, 0.4) is 0 Å². The van der Waals surface area contributed by atoms with Crippen LogP contribution in [0.15, 0.2) is 18.2 Å². The van der Waals surface area contributed by atoms with E-state index in [0.717, 1.165) is 44.5 Å². The topological polar surface area (TPSA) is 55.5 Å². The molecule has 1 saturated heterocycles. The molecule has 0 saturated carbocycles. The van der Waals surface area contributed by atoms with Gasteiger partial charge in [-0.2, -0.15) is 0 Å². The first-order valence-electron chi connectivity index (χ1n) is 6.87. The maximum atomic E-state index is 10.3. The summed E-state index contributed by atoms with van der Waals surface area (Å²) in [6.45, 7) is 2.27. The molecule has 0 bridgehead atoms. The molecule has 0 amide bonds. The number of hydrogen-bond acceptors (Lipinski definition) is 3. The molecule has 1 aromatic carbocycles. The zero-order valence-electron chi connectivity index (χ0n) is 10.7. The largest absolute Gasteiger partial charge is 0.508 e. The van der Waals surface area contributed by atoms with Crippen LogP contribution in [0, 0.1) is 5.92 Å². The van der Waals surface area contributed by atoms with Crippen molar-refractivity contribution < 1.29 is 9.84 Å². The van der Waals surface area contributed by atoms with E-state index in [9.17, 15) is 5.11 Å². The number of ether oxygens (including phenoxy) is 1. The van der Waals surface area contributed by atoms with Crippen LogP contribution in [0.2, 0.25) is 0 Å². The summed E-state index contributed by atoms with van der Waals surface area (Å²) in [4.78, 5) is 0. The minimum atomic E-state index is 0.0475. The van der Waals surface area contributed by atoms with Crippen molar-refractivity contribution >= 4 is 0 Å². The van der Waals surface area contributed by atoms with Gasteiger partial charge in [0.1, 0.15) is 5.75 Å². The third-order valence-electron chi connectivity index (χ3n) is 4.84. The summed E-state index contributed by atoms with van der Waals surface area (Å²) < 4.78 is 5.52. The first kappa shape index (κ1) is 12.0. The zero-order chi connectivity index (χ0) is 12.6. The van der Waals surface area contributed by atoms with Crippen molar-refractivity contribution in [2.24, 2.45) is 11.7 Å². The van der Waals surface area contributed by atoms with Gasteiger partial charge in [-0.3, -0.25) is 0 Å². The van der Waals surface area contributed by atoms with Gasteiger partial charge in [0.25, 0.3) is 0 Å². The van der Waals surface area contributed by atoms with Gasteiger partial charge in [-0.05, 0) is 49.8 Å². The molecule has 0 aromatic heterocycles. The number of aromatic hydroxyl groups is 1. The summed E-state index contributed by atoms with van der Waals surface area (Å²) in [5.74, 6) is 0.926. The number of phenolic OH excluding ortho intramolecular Hbond substituents is 1. The quantitative estimate of drug-likeness (QED) is 0.797. The number of fused-ring (bicyclic) bond motifs is 2. The van der Waals surface area contributed by atoms with Crippen molar-refractivity contribution in [3.05, 3.63) is 29.3 Å². The molecule has 1 aliphatic carbocycles. The van der Waals surface area contributed by atoms with Crippen LogP contribution in [0.5, 0.6) is 5.75 Å². The molecule has 2 aliphatic rings. The van der Waals surface area contributed by atoms with E-state index in [1.165, 1.54) is 5.56 Å². The fourth-order valence-electron chi connectivity index (χ4n) is 3.92. The zero-order valence-corrected chi connectivity index (χ0v) is 10.7. The second-order valence-electron chi connectivity index (χ2n) is 5.55. The molecule has 1 fully saturated rings. The van der Waals surface area contributed by atoms with Crippen molar-refractivity contribution in [3.8, 4) is 5.75 Å². The van der Waals surface area contributed by atoms with E-state index in [4.69, 9.17) is 10.5 Å². The van der Waals surface area contributed by atoms with Crippen LogP contribution < -0.4 is 5.73 Å². The van der Waals surface area contributed by atoms with Gasteiger partial charge in [0.15, 0.2) is 0 Å². The Morgan fingerprint density at radius 2 is 2.11 bits per heavy atom. The summed E-state index contributed by atoms with van der Waals surface area (Å²) in [5, 5.41) is 10.3. The summed E-state index contributed by atoms with van der Waals surface area (Å²) in [6, 6.07) is 5.91. The normalized spacial score (nSPS) is 25.9. The molecule has 18 heavy (non-hydrogen) atoms. The molecule has 1 unspecified atom stereocenters. The molecule has 3 rings (SSSR count). The predicted molar refractivity (Wildman–Crippen MR) is 70.7 cm³/mol. The molecule has 3 nitrogen and oxygen atoms in total. The van der Waals surface area contributed by atoms with Gasteiger partial charge in [-0.15, -0.1) is 0 Å². The van der Waals surface area contributed by atoms with E-state index in [0.29, 0.717) is 18.2 Å². The van der Waals surface area contributed by atoms with E-state index in [-0.39, 0.29) is 5.41 Å². The lowest BCUT2D eigenvalue weighted by Gasteiger charge is -2.47. The number of rotatable bonds is 1. The van der Waals surface area contributed by atoms with Gasteiger partial charge in [0, 0.05) is 24.2 Å². The first-order chi connectivity index (χ1) is 8.78. The number of hydrogen-bond donors (Lipinski definition) is 2. The third kappa shape index (κ3) is 1.65. The smallest absolute Gasteiger partial charge is 0.119 e. The number of aryl methyl sites for hydroxylation is 1. The Morgan fingerprint density at radius 1 is 1.33 bits per heavy atom. The van der Waals surface area contributed by atoms with Crippen molar-refractivity contribution in [2.75, 3.05) is 19.8 Å². The van der Waals surface area contributed by atoms with Gasteiger partial charge in [-0.25, -0.2) is 0 Å². The molecule has 1 heterocycles. The van der Waals surface area contributed by atoms with E-state index in [1.807, 2.05) is 12.1 Å². The highest BCUT2D eigenvalue weighted by Crippen LogP contribution is 2.50. The van der Waals surface area contributed by atoms with E-state index >= 15 is 0 Å². The molecule has 0 radical (unpaired) electrons. The second kappa shape index (κ2) is 4.56. The van der Waals surface area contributed by atoms with Crippen molar-refractivity contribution in [1.82, 2.24) is 0 Å². The van der Waals surface area contributed by atoms with E-state index in [2.05, 4.69) is 6.07 Å². The Balaban J connectivity index is 2.13. The lowest BCUT2D eigenvalue weighted by atomic mass is 9.59. The van der Waals surface area contributed by atoms with Crippen molar-refractivity contribution in [2.45, 2.75) is 31.1 Å². The minimum Gasteiger partial charge on any atom is -0.508 e. The summed E-state index contributed by atoms with van der Waals surface area (Å²) in [5.41, 5.74) is 8.51. The average Bonchev–Trinajstić information content (AvgIpc) is 2.40. The van der Waals surface area contributed by atoms with E-state index in [1.54, 1.807) is 0 Å². The maximum absolute atomic E-state index is 10.3. The Hall–Kier alpha value is -1.06. The minimum absolute atomic E-state index is 0.0475. The van der Waals surface area contributed by atoms with Gasteiger partial charge in [0.05, 0.1) is 0 Å². The van der Waals surface area contributed by atoms with Gasteiger partial charge < -0.3 is 15.6 Å². The lowest BCUT2D eigenvalue weighted by molar-refractivity contribution is 0.0204. The summed E-state index contributed by atoms with van der Waals surface area (Å²) in [7, 11) is 0. The van der Waals surface area contributed by atoms with Crippen LogP contribution in [0.25, 0.3) is 0 Å². The summed E-state index contributed by atoms with van der Waals surface area (Å²) >= 11 is 0. The molecule has 98 valence electrons. The fourth-order valence-corrected chi connectivity index (χ4v) is 3.92. The molecular formula is C15H21NO2. The molecule has 3 heteroatoms. The number of phenols is 1. The lowest BCUT2D eigenvalue weighted by Crippen LogP contribution is -2.47. The second-order valence-corrected chi connectivity index (χ2v) is 5.55. The Kier molecular flexibility index (Phi) is 3.04. The van der Waals surface area contributed by atoms with Crippen LogP contribution in [-0.2, 0) is 16.6 Å². The molecule has 1 spiro atoms. The Bertz CT molecular complexity index is 438. The number of benzene rings is 1. The van der Waals surface area contributed by atoms with E-state index < -0.39 is 0 Å². The van der Waals surface area contributed by atoms with Crippen molar-refractivity contribution in [3.63, 3.8) is 0 Å². The fraction of sp³-hybridized carbons (Fsp3) is 0.600. The molecule has 1 aromatic rings. The highest BCUT2D eigenvalue weighted by Gasteiger charge is 2.45. The van der Waals surface area contributed by atoms with Crippen LogP contribution >= 0.6 is 0 Å². The summed E-state index contributed by atoms with van der Waals surface area (Å²) in [6.07, 6.45) is 4.14. The van der Waals surface area contributed by atoms with Gasteiger partial charge in [-0.1, -0.05) is 12.1 Å². The van der Waals surface area contributed by atoms with Crippen molar-refractivity contribution in [1.29, 1.82) is 0 Å². The van der Waals surface area contributed by atoms with Gasteiger partial charge in [0.2, 0.25) is 0 Å². The highest BCUT2D eigenvalue weighted by molar-refractivity contribution is 5.47. The maximum Gasteiger partial charge on any atom is 0.119 e. The highest BCUT2D eigenvalue weighted by atomic mass is 16.5. The van der Waals surface area contributed by atoms with Gasteiger partial charge >= 0.3 is 0 Å². The third-order valence-corrected chi connectivity index (χ3v) is 4.84. The SMILES string of the molecule is NCC1CCc2cccc(O)c2C12CCOCC2.